The lowest BCUT2D eigenvalue weighted by Gasteiger charge is -2.26. The van der Waals surface area contributed by atoms with Crippen LogP contribution in [-0.4, -0.2) is 6.79 Å². The van der Waals surface area contributed by atoms with E-state index >= 15 is 0 Å². The standard InChI is InChI=1S/C20H12N2O5/c21-8-12-16(10-5-6-14-15(7-10)25-9-24-14)17-18(27-19(12)22)11-3-1-2-4-13(11)26-20(17)23/h1-7,16H,9,22H2/t16-/m1/s1. The zero-order valence-electron chi connectivity index (χ0n) is 13.9. The van der Waals surface area contributed by atoms with Gasteiger partial charge in [0.15, 0.2) is 17.2 Å². The molecule has 0 saturated heterocycles. The Morgan fingerprint density at radius 1 is 1.11 bits per heavy atom. The molecule has 3 aromatic rings. The van der Waals surface area contributed by atoms with Crippen molar-refractivity contribution in [3.05, 3.63) is 75.5 Å². The predicted molar refractivity (Wildman–Crippen MR) is 94.3 cm³/mol. The quantitative estimate of drug-likeness (QED) is 0.665. The molecule has 27 heavy (non-hydrogen) atoms. The molecule has 7 heteroatoms. The Hall–Kier alpha value is -3.92. The van der Waals surface area contributed by atoms with Crippen molar-refractivity contribution in [2.45, 2.75) is 5.92 Å². The second-order valence-corrected chi connectivity index (χ2v) is 6.17. The van der Waals surface area contributed by atoms with Crippen molar-refractivity contribution < 1.29 is 18.6 Å². The van der Waals surface area contributed by atoms with Gasteiger partial charge in [-0.15, -0.1) is 0 Å². The van der Waals surface area contributed by atoms with Gasteiger partial charge in [0.2, 0.25) is 12.7 Å². The number of rotatable bonds is 1. The van der Waals surface area contributed by atoms with Gasteiger partial charge < -0.3 is 24.4 Å². The lowest BCUT2D eigenvalue weighted by atomic mass is 9.83. The minimum absolute atomic E-state index is 0.0385. The van der Waals surface area contributed by atoms with Crippen LogP contribution in [0.2, 0.25) is 0 Å². The summed E-state index contributed by atoms with van der Waals surface area (Å²) < 4.78 is 21.9. The summed E-state index contributed by atoms with van der Waals surface area (Å²) in [7, 11) is 0. The molecule has 1 atom stereocenters. The zero-order chi connectivity index (χ0) is 18.5. The lowest BCUT2D eigenvalue weighted by Crippen LogP contribution is -2.26. The molecular weight excluding hydrogens is 348 g/mol. The van der Waals surface area contributed by atoms with E-state index in [1.54, 1.807) is 42.5 Å². The predicted octanol–water partition coefficient (Wildman–Crippen LogP) is 2.74. The smallest absolute Gasteiger partial charge is 0.344 e. The SMILES string of the molecule is N#CC1=C(N)Oc2c(c(=O)oc3ccccc23)[C@@H]1c1ccc2c(c1)OCO2. The Morgan fingerprint density at radius 2 is 1.93 bits per heavy atom. The van der Waals surface area contributed by atoms with Crippen molar-refractivity contribution in [2.75, 3.05) is 6.79 Å². The van der Waals surface area contributed by atoms with Crippen LogP contribution < -0.4 is 25.6 Å². The molecule has 2 aliphatic heterocycles. The van der Waals surface area contributed by atoms with Crippen LogP contribution in [0.15, 0.2) is 63.1 Å². The molecule has 0 radical (unpaired) electrons. The Bertz CT molecular complexity index is 1240. The van der Waals surface area contributed by atoms with E-state index in [1.165, 1.54) is 0 Å². The third kappa shape index (κ3) is 2.17. The molecule has 0 spiro atoms. The van der Waals surface area contributed by atoms with Crippen LogP contribution in [0.1, 0.15) is 17.0 Å². The van der Waals surface area contributed by atoms with E-state index in [2.05, 4.69) is 6.07 Å². The fourth-order valence-electron chi connectivity index (χ4n) is 3.49. The first-order valence-corrected chi connectivity index (χ1v) is 8.20. The molecule has 0 fully saturated rings. The highest BCUT2D eigenvalue weighted by Crippen LogP contribution is 2.45. The summed E-state index contributed by atoms with van der Waals surface area (Å²) in [5, 5.41) is 10.3. The number of nitriles is 1. The largest absolute Gasteiger partial charge is 0.454 e. The zero-order valence-corrected chi connectivity index (χ0v) is 13.9. The van der Waals surface area contributed by atoms with Gasteiger partial charge in [-0.1, -0.05) is 18.2 Å². The minimum atomic E-state index is -0.728. The fraction of sp³-hybridized carbons (Fsp3) is 0.100. The number of allylic oxidation sites excluding steroid dienone is 1. The average Bonchev–Trinajstić information content (AvgIpc) is 3.15. The third-order valence-corrected chi connectivity index (χ3v) is 4.70. The van der Waals surface area contributed by atoms with Gasteiger partial charge in [0.05, 0.1) is 16.9 Å². The summed E-state index contributed by atoms with van der Waals surface area (Å²) in [6.07, 6.45) is 0. The summed E-state index contributed by atoms with van der Waals surface area (Å²) in [6, 6.07) is 14.3. The molecule has 5 rings (SSSR count). The third-order valence-electron chi connectivity index (χ3n) is 4.70. The maximum Gasteiger partial charge on any atom is 0.344 e. The number of nitrogens with two attached hydrogens (primary N) is 1. The van der Waals surface area contributed by atoms with Gasteiger partial charge >= 0.3 is 5.63 Å². The van der Waals surface area contributed by atoms with E-state index in [0.717, 1.165) is 0 Å². The van der Waals surface area contributed by atoms with Crippen molar-refractivity contribution in [1.29, 1.82) is 5.26 Å². The number of fused-ring (bicyclic) bond motifs is 4. The van der Waals surface area contributed by atoms with Crippen LogP contribution in [-0.2, 0) is 0 Å². The molecule has 0 amide bonds. The van der Waals surface area contributed by atoms with Crippen molar-refractivity contribution in [2.24, 2.45) is 5.73 Å². The molecule has 0 saturated carbocycles. The minimum Gasteiger partial charge on any atom is -0.454 e. The van der Waals surface area contributed by atoms with Gasteiger partial charge in [-0.2, -0.15) is 5.26 Å². The van der Waals surface area contributed by atoms with Crippen LogP contribution in [0.5, 0.6) is 17.2 Å². The molecule has 0 unspecified atom stereocenters. The number of benzene rings is 2. The first kappa shape index (κ1) is 15.3. The molecule has 0 aliphatic carbocycles. The first-order valence-electron chi connectivity index (χ1n) is 8.20. The monoisotopic (exact) mass is 360 g/mol. The van der Waals surface area contributed by atoms with Gasteiger partial charge in [0.1, 0.15) is 17.2 Å². The number of para-hydroxylation sites is 1. The first-order chi connectivity index (χ1) is 13.2. The molecule has 2 N–H and O–H groups in total. The lowest BCUT2D eigenvalue weighted by molar-refractivity contribution is 0.174. The van der Waals surface area contributed by atoms with Crippen LogP contribution in [0.25, 0.3) is 11.0 Å². The summed E-state index contributed by atoms with van der Waals surface area (Å²) >= 11 is 0. The highest BCUT2D eigenvalue weighted by atomic mass is 16.7. The molecular formula is C20H12N2O5. The Kier molecular flexibility index (Phi) is 3.15. The molecule has 2 aliphatic rings. The van der Waals surface area contributed by atoms with Crippen LogP contribution in [0.3, 0.4) is 0 Å². The Balaban J connectivity index is 1.82. The molecule has 2 aromatic carbocycles. The Morgan fingerprint density at radius 3 is 2.78 bits per heavy atom. The van der Waals surface area contributed by atoms with E-state index in [1.807, 2.05) is 0 Å². The van der Waals surface area contributed by atoms with Crippen molar-refractivity contribution in [3.8, 4) is 23.3 Å². The summed E-state index contributed by atoms with van der Waals surface area (Å²) in [5.74, 6) is 0.687. The van der Waals surface area contributed by atoms with Crippen molar-refractivity contribution >= 4 is 11.0 Å². The molecule has 132 valence electrons. The summed E-state index contributed by atoms with van der Waals surface area (Å²) in [6.45, 7) is 0.124. The maximum atomic E-state index is 12.8. The number of hydrogen-bond donors (Lipinski definition) is 1. The number of nitrogens with zero attached hydrogens (tertiary/aromatic N) is 1. The molecule has 1 aromatic heterocycles. The highest BCUT2D eigenvalue weighted by Gasteiger charge is 2.36. The van der Waals surface area contributed by atoms with Gasteiger partial charge in [-0.05, 0) is 29.8 Å². The summed E-state index contributed by atoms with van der Waals surface area (Å²) in [4.78, 5) is 12.8. The average molecular weight is 360 g/mol. The Labute approximate surface area is 152 Å². The van der Waals surface area contributed by atoms with Gasteiger partial charge in [-0.3, -0.25) is 0 Å². The summed E-state index contributed by atoms with van der Waals surface area (Å²) in [5.41, 5.74) is 6.88. The number of hydrogen-bond acceptors (Lipinski definition) is 7. The number of ether oxygens (including phenoxy) is 3. The molecule has 0 bridgehead atoms. The second-order valence-electron chi connectivity index (χ2n) is 6.17. The maximum absolute atomic E-state index is 12.8. The van der Waals surface area contributed by atoms with Crippen LogP contribution in [0.4, 0.5) is 0 Å². The van der Waals surface area contributed by atoms with E-state index in [9.17, 15) is 10.1 Å². The fourth-order valence-corrected chi connectivity index (χ4v) is 3.49. The van der Waals surface area contributed by atoms with Crippen molar-refractivity contribution in [3.63, 3.8) is 0 Å². The van der Waals surface area contributed by atoms with Gasteiger partial charge in [-0.25, -0.2) is 4.79 Å². The van der Waals surface area contributed by atoms with E-state index in [-0.39, 0.29) is 23.8 Å². The highest BCUT2D eigenvalue weighted by molar-refractivity contribution is 5.86. The molecule has 3 heterocycles. The topological polar surface area (TPSA) is 108 Å². The van der Waals surface area contributed by atoms with E-state index in [0.29, 0.717) is 33.8 Å². The van der Waals surface area contributed by atoms with Gasteiger partial charge in [0, 0.05) is 0 Å². The van der Waals surface area contributed by atoms with Crippen LogP contribution >= 0.6 is 0 Å². The van der Waals surface area contributed by atoms with Gasteiger partial charge in [0.25, 0.3) is 0 Å². The normalized spacial score (nSPS) is 17.4. The van der Waals surface area contributed by atoms with E-state index in [4.69, 9.17) is 24.4 Å². The van der Waals surface area contributed by atoms with Crippen LogP contribution in [0, 0.1) is 11.3 Å². The molecule has 7 nitrogen and oxygen atoms in total. The van der Waals surface area contributed by atoms with Crippen molar-refractivity contribution in [1.82, 2.24) is 0 Å². The second kappa shape index (κ2) is 5.54. The van der Waals surface area contributed by atoms with E-state index < -0.39 is 11.5 Å².